The van der Waals surface area contributed by atoms with Crippen LogP contribution in [0.25, 0.3) is 10.2 Å². The Bertz CT molecular complexity index is 959. The monoisotopic (exact) mass is 437 g/mol. The van der Waals surface area contributed by atoms with Gasteiger partial charge in [-0.3, -0.25) is 9.69 Å². The lowest BCUT2D eigenvalue weighted by atomic mass is 10.3. The number of amides is 1. The fourth-order valence-electron chi connectivity index (χ4n) is 2.96. The second-order valence-corrected chi connectivity index (χ2v) is 9.40. The molecule has 0 radical (unpaired) electrons. The normalized spacial score (nSPS) is 13.3. The molecule has 148 valence electrons. The molecule has 0 saturated carbocycles. The van der Waals surface area contributed by atoms with Crippen molar-refractivity contribution < 1.29 is 14.3 Å². The third-order valence-corrected chi connectivity index (χ3v) is 6.55. The molecule has 3 heterocycles. The minimum Gasteiger partial charge on any atom is -0.486 e. The summed E-state index contributed by atoms with van der Waals surface area (Å²) < 4.78 is 12.9. The van der Waals surface area contributed by atoms with Gasteiger partial charge in [-0.25, -0.2) is 4.98 Å². The van der Waals surface area contributed by atoms with Gasteiger partial charge in [0.15, 0.2) is 16.6 Å². The van der Waals surface area contributed by atoms with Crippen LogP contribution in [0, 0.1) is 0 Å². The number of benzene rings is 1. The number of aromatic nitrogens is 1. The fraction of sp³-hybridized carbons (Fsp3) is 0.368. The summed E-state index contributed by atoms with van der Waals surface area (Å²) in [6.45, 7) is 2.54. The molecule has 9 heteroatoms. The lowest BCUT2D eigenvalue weighted by Gasteiger charge is -2.20. The number of carbonyl (C=O) groups excluding carboxylic acids is 1. The largest absolute Gasteiger partial charge is 0.486 e. The Balaban J connectivity index is 1.67. The van der Waals surface area contributed by atoms with Crippen molar-refractivity contribution in [2.45, 2.75) is 6.42 Å². The van der Waals surface area contributed by atoms with Gasteiger partial charge in [0.1, 0.15) is 13.2 Å². The number of nitrogens with zero attached hydrogens (tertiary/aromatic N) is 3. The van der Waals surface area contributed by atoms with Crippen molar-refractivity contribution in [1.29, 1.82) is 0 Å². The first-order chi connectivity index (χ1) is 13.5. The molecular formula is C19H20ClN3O3S2. The molecule has 2 aromatic heterocycles. The van der Waals surface area contributed by atoms with Crippen LogP contribution in [-0.4, -0.2) is 56.2 Å². The molecule has 4 rings (SSSR count). The number of thiophene rings is 1. The molecule has 0 saturated heterocycles. The number of carbonyl (C=O) groups is 1. The summed E-state index contributed by atoms with van der Waals surface area (Å²) in [6.07, 6.45) is 0.844. The fourth-order valence-corrected chi connectivity index (χ4v) is 4.95. The molecule has 1 aliphatic rings. The number of rotatable bonds is 6. The number of hydrogen-bond acceptors (Lipinski definition) is 7. The molecule has 0 fully saturated rings. The van der Waals surface area contributed by atoms with E-state index in [2.05, 4.69) is 4.90 Å². The summed E-state index contributed by atoms with van der Waals surface area (Å²) in [4.78, 5) is 22.3. The molecule has 0 aliphatic carbocycles. The van der Waals surface area contributed by atoms with Gasteiger partial charge in [-0.1, -0.05) is 22.9 Å². The summed E-state index contributed by atoms with van der Waals surface area (Å²) in [5, 5.41) is 0.672. The van der Waals surface area contributed by atoms with E-state index >= 15 is 0 Å². The molecule has 0 N–H and O–H groups in total. The van der Waals surface area contributed by atoms with E-state index in [9.17, 15) is 4.79 Å². The third-order valence-electron chi connectivity index (χ3n) is 4.29. The maximum absolute atomic E-state index is 13.1. The lowest BCUT2D eigenvalue weighted by Crippen LogP contribution is -2.32. The molecule has 3 aromatic rings. The standard InChI is InChI=1S/C19H20ClN3O3S2/c1-22(2)6-3-7-23(18(24)15-4-5-17(20)27-15)19-21-12-10-13-14(11-16(12)28-19)26-9-8-25-13/h4-5,10-11H,3,6-9H2,1-2H3. The van der Waals surface area contributed by atoms with Gasteiger partial charge in [0, 0.05) is 18.7 Å². The summed E-state index contributed by atoms with van der Waals surface area (Å²) in [6, 6.07) is 7.34. The Morgan fingerprint density at radius 2 is 1.89 bits per heavy atom. The molecule has 0 spiro atoms. The Hall–Kier alpha value is -1.87. The van der Waals surface area contributed by atoms with Crippen molar-refractivity contribution in [2.24, 2.45) is 0 Å². The van der Waals surface area contributed by atoms with Gasteiger partial charge in [-0.05, 0) is 39.2 Å². The van der Waals surface area contributed by atoms with E-state index in [1.165, 1.54) is 22.7 Å². The first-order valence-electron chi connectivity index (χ1n) is 8.93. The second kappa shape index (κ2) is 8.24. The van der Waals surface area contributed by atoms with Crippen molar-refractivity contribution in [2.75, 3.05) is 45.3 Å². The van der Waals surface area contributed by atoms with Crippen LogP contribution in [0.5, 0.6) is 11.5 Å². The first-order valence-corrected chi connectivity index (χ1v) is 10.9. The SMILES string of the molecule is CN(C)CCCN(C(=O)c1ccc(Cl)s1)c1nc2cc3c(cc2s1)OCCO3. The molecule has 28 heavy (non-hydrogen) atoms. The molecule has 6 nitrogen and oxygen atoms in total. The van der Waals surface area contributed by atoms with Crippen molar-refractivity contribution >= 4 is 55.5 Å². The average Bonchev–Trinajstić information content (AvgIpc) is 3.28. The molecule has 1 amide bonds. The Morgan fingerprint density at radius 1 is 1.14 bits per heavy atom. The summed E-state index contributed by atoms with van der Waals surface area (Å²) in [5.74, 6) is 1.35. The van der Waals surface area contributed by atoms with Gasteiger partial charge in [0.05, 0.1) is 19.4 Å². The van der Waals surface area contributed by atoms with Crippen molar-refractivity contribution in [1.82, 2.24) is 9.88 Å². The number of fused-ring (bicyclic) bond motifs is 2. The zero-order chi connectivity index (χ0) is 19.7. The predicted molar refractivity (Wildman–Crippen MR) is 115 cm³/mol. The van der Waals surface area contributed by atoms with E-state index in [0.717, 1.165) is 28.9 Å². The van der Waals surface area contributed by atoms with E-state index in [0.29, 0.717) is 39.9 Å². The van der Waals surface area contributed by atoms with E-state index in [4.69, 9.17) is 26.1 Å². The summed E-state index contributed by atoms with van der Waals surface area (Å²) in [5.41, 5.74) is 0.805. The van der Waals surface area contributed by atoms with Gasteiger partial charge in [-0.2, -0.15) is 0 Å². The van der Waals surface area contributed by atoms with Gasteiger partial charge in [-0.15, -0.1) is 11.3 Å². The van der Waals surface area contributed by atoms with Crippen molar-refractivity contribution in [3.8, 4) is 11.5 Å². The molecule has 0 atom stereocenters. The van der Waals surface area contributed by atoms with Crippen LogP contribution in [-0.2, 0) is 0 Å². The number of thiazole rings is 1. The van der Waals surface area contributed by atoms with Gasteiger partial charge in [0.2, 0.25) is 0 Å². The van der Waals surface area contributed by atoms with Crippen LogP contribution in [0.3, 0.4) is 0 Å². The third kappa shape index (κ3) is 4.10. The highest BCUT2D eigenvalue weighted by molar-refractivity contribution is 7.22. The zero-order valence-corrected chi connectivity index (χ0v) is 18.0. The number of hydrogen-bond donors (Lipinski definition) is 0. The number of halogens is 1. The lowest BCUT2D eigenvalue weighted by molar-refractivity contribution is 0.0990. The van der Waals surface area contributed by atoms with Crippen LogP contribution < -0.4 is 14.4 Å². The molecular weight excluding hydrogens is 418 g/mol. The average molecular weight is 438 g/mol. The Morgan fingerprint density at radius 3 is 2.57 bits per heavy atom. The smallest absolute Gasteiger partial charge is 0.270 e. The zero-order valence-electron chi connectivity index (χ0n) is 15.6. The number of ether oxygens (including phenoxy) is 2. The van der Waals surface area contributed by atoms with E-state index in [1.807, 2.05) is 26.2 Å². The highest BCUT2D eigenvalue weighted by Gasteiger charge is 2.24. The van der Waals surface area contributed by atoms with Crippen LogP contribution >= 0.6 is 34.3 Å². The Labute approximate surface area is 176 Å². The Kier molecular flexibility index (Phi) is 5.73. The van der Waals surface area contributed by atoms with Gasteiger partial charge in [0.25, 0.3) is 5.91 Å². The molecule has 1 aromatic carbocycles. The van der Waals surface area contributed by atoms with Crippen molar-refractivity contribution in [3.05, 3.63) is 33.5 Å². The molecule has 1 aliphatic heterocycles. The number of anilines is 1. The molecule has 0 unspecified atom stereocenters. The van der Waals surface area contributed by atoms with Crippen LogP contribution in [0.1, 0.15) is 16.1 Å². The quantitative estimate of drug-likeness (QED) is 0.572. The first kappa shape index (κ1) is 19.4. The highest BCUT2D eigenvalue weighted by atomic mass is 35.5. The minimum absolute atomic E-state index is 0.0769. The topological polar surface area (TPSA) is 54.9 Å². The van der Waals surface area contributed by atoms with E-state index < -0.39 is 0 Å². The van der Waals surface area contributed by atoms with Crippen molar-refractivity contribution in [3.63, 3.8) is 0 Å². The van der Waals surface area contributed by atoms with Crippen LogP contribution in [0.2, 0.25) is 4.34 Å². The summed E-state index contributed by atoms with van der Waals surface area (Å²) >= 11 is 8.81. The van der Waals surface area contributed by atoms with Gasteiger partial charge < -0.3 is 14.4 Å². The van der Waals surface area contributed by atoms with Crippen LogP contribution in [0.4, 0.5) is 5.13 Å². The van der Waals surface area contributed by atoms with E-state index in [1.54, 1.807) is 17.0 Å². The van der Waals surface area contributed by atoms with Gasteiger partial charge >= 0.3 is 0 Å². The summed E-state index contributed by atoms with van der Waals surface area (Å²) in [7, 11) is 4.04. The maximum Gasteiger partial charge on any atom is 0.270 e. The second-order valence-electron chi connectivity index (χ2n) is 6.68. The minimum atomic E-state index is -0.0769. The predicted octanol–water partition coefficient (Wildman–Crippen LogP) is 4.38. The van der Waals surface area contributed by atoms with Crippen LogP contribution in [0.15, 0.2) is 24.3 Å². The highest BCUT2D eigenvalue weighted by Crippen LogP contribution is 2.39. The maximum atomic E-state index is 13.1. The molecule has 0 bridgehead atoms. The van der Waals surface area contributed by atoms with E-state index in [-0.39, 0.29) is 5.91 Å².